The van der Waals surface area contributed by atoms with Gasteiger partial charge in [-0.3, -0.25) is 4.79 Å². The molecule has 102 valence electrons. The molecule has 0 aliphatic carbocycles. The Bertz CT molecular complexity index is 481. The fourth-order valence-electron chi connectivity index (χ4n) is 2.18. The van der Waals surface area contributed by atoms with E-state index in [-0.39, 0.29) is 0 Å². The van der Waals surface area contributed by atoms with Crippen LogP contribution in [0.5, 0.6) is 5.75 Å². The largest absolute Gasteiger partial charge is 0.495 e. The number of carboxylic acids is 1. The number of ether oxygens (including phenoxy) is 1. The Morgan fingerprint density at radius 1 is 1.16 bits per heavy atom. The molecule has 1 saturated heterocycles. The zero-order chi connectivity index (χ0) is 13.8. The number of amides is 1. The van der Waals surface area contributed by atoms with Gasteiger partial charge < -0.3 is 19.6 Å². The van der Waals surface area contributed by atoms with Crippen LogP contribution in [0.2, 0.25) is 0 Å². The number of carbonyl (C=O) groups excluding carboxylic acids is 1. The predicted molar refractivity (Wildman–Crippen MR) is 69.4 cm³/mol. The van der Waals surface area contributed by atoms with Crippen molar-refractivity contribution in [3.8, 4) is 5.75 Å². The van der Waals surface area contributed by atoms with E-state index in [1.54, 1.807) is 7.11 Å². The van der Waals surface area contributed by atoms with Crippen molar-refractivity contribution in [3.63, 3.8) is 0 Å². The van der Waals surface area contributed by atoms with E-state index in [1.165, 1.54) is 4.90 Å². The van der Waals surface area contributed by atoms with Gasteiger partial charge in [-0.1, -0.05) is 12.1 Å². The highest BCUT2D eigenvalue weighted by Gasteiger charge is 2.26. The Kier molecular flexibility index (Phi) is 3.89. The van der Waals surface area contributed by atoms with Gasteiger partial charge in [0.2, 0.25) is 0 Å². The van der Waals surface area contributed by atoms with Crippen LogP contribution < -0.4 is 9.64 Å². The van der Waals surface area contributed by atoms with E-state index in [4.69, 9.17) is 9.84 Å². The quantitative estimate of drug-likeness (QED) is 0.784. The second-order valence-corrected chi connectivity index (χ2v) is 4.26. The zero-order valence-corrected chi connectivity index (χ0v) is 10.7. The lowest BCUT2D eigenvalue weighted by Crippen LogP contribution is -2.50. The van der Waals surface area contributed by atoms with E-state index in [0.29, 0.717) is 26.2 Å². The van der Waals surface area contributed by atoms with E-state index < -0.39 is 11.9 Å². The van der Waals surface area contributed by atoms with Crippen LogP contribution in [0.15, 0.2) is 24.3 Å². The highest BCUT2D eigenvalue weighted by Crippen LogP contribution is 2.28. The van der Waals surface area contributed by atoms with Gasteiger partial charge in [-0.15, -0.1) is 0 Å². The van der Waals surface area contributed by atoms with E-state index >= 15 is 0 Å². The monoisotopic (exact) mass is 264 g/mol. The Morgan fingerprint density at radius 3 is 2.37 bits per heavy atom. The van der Waals surface area contributed by atoms with Crippen molar-refractivity contribution >= 4 is 17.6 Å². The highest BCUT2D eigenvalue weighted by atomic mass is 16.5. The molecular weight excluding hydrogens is 248 g/mol. The molecule has 6 nitrogen and oxygen atoms in total. The third kappa shape index (κ3) is 2.78. The average molecular weight is 264 g/mol. The number of piperazine rings is 1. The molecular formula is C13H16N2O4. The molecule has 1 fully saturated rings. The van der Waals surface area contributed by atoms with Gasteiger partial charge in [0.05, 0.1) is 12.8 Å². The summed E-state index contributed by atoms with van der Waals surface area (Å²) in [6, 6.07) is 7.65. The van der Waals surface area contributed by atoms with Gasteiger partial charge in [-0.2, -0.15) is 0 Å². The summed E-state index contributed by atoms with van der Waals surface area (Å²) in [5.74, 6) is -1.45. The first-order chi connectivity index (χ1) is 9.13. The van der Waals surface area contributed by atoms with Gasteiger partial charge in [0.1, 0.15) is 5.75 Å². The van der Waals surface area contributed by atoms with Crippen LogP contribution in [0.1, 0.15) is 0 Å². The standard InChI is InChI=1S/C13H16N2O4/c1-19-11-5-3-2-4-10(11)14-6-8-15(9-7-14)12(16)13(17)18/h2-5H,6-9H2,1H3,(H,17,18). The van der Waals surface area contributed by atoms with E-state index in [1.807, 2.05) is 24.3 Å². The van der Waals surface area contributed by atoms with Gasteiger partial charge in [0, 0.05) is 26.2 Å². The first kappa shape index (κ1) is 13.2. The molecule has 1 amide bonds. The number of carbonyl (C=O) groups is 2. The summed E-state index contributed by atoms with van der Waals surface area (Å²) >= 11 is 0. The maximum Gasteiger partial charge on any atom is 0.394 e. The molecule has 19 heavy (non-hydrogen) atoms. The summed E-state index contributed by atoms with van der Waals surface area (Å²) in [6.07, 6.45) is 0. The number of rotatable bonds is 2. The van der Waals surface area contributed by atoms with Gasteiger partial charge in [-0.25, -0.2) is 4.79 Å². The number of benzene rings is 1. The van der Waals surface area contributed by atoms with Crippen molar-refractivity contribution in [2.45, 2.75) is 0 Å². The molecule has 1 aromatic rings. The van der Waals surface area contributed by atoms with E-state index in [9.17, 15) is 9.59 Å². The van der Waals surface area contributed by atoms with E-state index in [0.717, 1.165) is 11.4 Å². The number of carboxylic acid groups (broad SMARTS) is 1. The summed E-state index contributed by atoms with van der Waals surface area (Å²) in [5.41, 5.74) is 0.965. The van der Waals surface area contributed by atoms with Crippen molar-refractivity contribution in [3.05, 3.63) is 24.3 Å². The molecule has 6 heteroatoms. The molecule has 1 aliphatic heterocycles. The summed E-state index contributed by atoms with van der Waals surface area (Å²) < 4.78 is 5.29. The number of hydrogen-bond donors (Lipinski definition) is 1. The minimum Gasteiger partial charge on any atom is -0.495 e. The highest BCUT2D eigenvalue weighted by molar-refractivity contribution is 6.31. The van der Waals surface area contributed by atoms with Crippen molar-refractivity contribution in [2.24, 2.45) is 0 Å². The van der Waals surface area contributed by atoms with Crippen LogP contribution in [0.3, 0.4) is 0 Å². The molecule has 0 unspecified atom stereocenters. The maximum absolute atomic E-state index is 11.3. The fraction of sp³-hybridized carbons (Fsp3) is 0.385. The summed E-state index contributed by atoms with van der Waals surface area (Å²) in [4.78, 5) is 25.4. The summed E-state index contributed by atoms with van der Waals surface area (Å²) in [7, 11) is 1.61. The number of para-hydroxylation sites is 2. The number of hydrogen-bond acceptors (Lipinski definition) is 4. The molecule has 0 spiro atoms. The average Bonchev–Trinajstić information content (AvgIpc) is 2.46. The zero-order valence-electron chi connectivity index (χ0n) is 10.7. The molecule has 0 aromatic heterocycles. The molecule has 1 aliphatic rings. The topological polar surface area (TPSA) is 70.1 Å². The lowest BCUT2D eigenvalue weighted by Gasteiger charge is -2.35. The molecule has 0 atom stereocenters. The predicted octanol–water partition coefficient (Wildman–Crippen LogP) is 0.428. The van der Waals surface area contributed by atoms with E-state index in [2.05, 4.69) is 4.90 Å². The molecule has 1 aromatic carbocycles. The van der Waals surface area contributed by atoms with Crippen LogP contribution in [0, 0.1) is 0 Å². The van der Waals surface area contributed by atoms with Crippen LogP contribution in [0.4, 0.5) is 5.69 Å². The van der Waals surface area contributed by atoms with Gasteiger partial charge >= 0.3 is 11.9 Å². The second-order valence-electron chi connectivity index (χ2n) is 4.26. The number of methoxy groups -OCH3 is 1. The van der Waals surface area contributed by atoms with Crippen molar-refractivity contribution in [2.75, 3.05) is 38.2 Å². The van der Waals surface area contributed by atoms with Crippen LogP contribution in [-0.4, -0.2) is 55.2 Å². The second kappa shape index (κ2) is 5.60. The van der Waals surface area contributed by atoms with Gasteiger partial charge in [-0.05, 0) is 12.1 Å². The first-order valence-electron chi connectivity index (χ1n) is 6.03. The minimum atomic E-state index is -1.40. The first-order valence-corrected chi connectivity index (χ1v) is 6.03. The minimum absolute atomic E-state index is 0.406. The Hall–Kier alpha value is -2.24. The molecule has 0 bridgehead atoms. The number of nitrogens with zero attached hydrogens (tertiary/aromatic N) is 2. The van der Waals surface area contributed by atoms with Crippen molar-refractivity contribution in [1.82, 2.24) is 4.90 Å². The van der Waals surface area contributed by atoms with Gasteiger partial charge in [0.15, 0.2) is 0 Å². The normalized spacial score (nSPS) is 15.2. The van der Waals surface area contributed by atoms with Crippen molar-refractivity contribution in [1.29, 1.82) is 0 Å². The number of anilines is 1. The fourth-order valence-corrected chi connectivity index (χ4v) is 2.18. The Morgan fingerprint density at radius 2 is 1.79 bits per heavy atom. The molecule has 0 radical (unpaired) electrons. The third-order valence-electron chi connectivity index (χ3n) is 3.18. The molecule has 2 rings (SSSR count). The van der Waals surface area contributed by atoms with Crippen LogP contribution in [0.25, 0.3) is 0 Å². The Balaban J connectivity index is 2.04. The number of aliphatic carboxylic acids is 1. The molecule has 0 saturated carbocycles. The SMILES string of the molecule is COc1ccccc1N1CCN(C(=O)C(=O)O)CC1. The lowest BCUT2D eigenvalue weighted by atomic mass is 10.2. The molecule has 1 N–H and O–H groups in total. The van der Waals surface area contributed by atoms with Gasteiger partial charge in [0.25, 0.3) is 0 Å². The molecule has 1 heterocycles. The van der Waals surface area contributed by atoms with Crippen LogP contribution >= 0.6 is 0 Å². The third-order valence-corrected chi connectivity index (χ3v) is 3.18. The van der Waals surface area contributed by atoms with Crippen LogP contribution in [-0.2, 0) is 9.59 Å². The Labute approximate surface area is 111 Å². The smallest absolute Gasteiger partial charge is 0.394 e. The maximum atomic E-state index is 11.3. The summed E-state index contributed by atoms with van der Waals surface area (Å²) in [5, 5.41) is 8.67. The lowest BCUT2D eigenvalue weighted by molar-refractivity contribution is -0.156. The van der Waals surface area contributed by atoms with Crippen molar-refractivity contribution < 1.29 is 19.4 Å². The summed E-state index contributed by atoms with van der Waals surface area (Å²) in [6.45, 7) is 2.01.